The van der Waals surface area contributed by atoms with E-state index in [-0.39, 0.29) is 12.4 Å². The number of hydrogen-bond acceptors (Lipinski definition) is 1. The summed E-state index contributed by atoms with van der Waals surface area (Å²) in [7, 11) is 4.35. The Balaban J connectivity index is 0.00000108. The van der Waals surface area contributed by atoms with Crippen molar-refractivity contribution in [3.05, 3.63) is 11.6 Å². The van der Waals surface area contributed by atoms with Gasteiger partial charge in [-0.1, -0.05) is 11.6 Å². The molecule has 0 aromatic rings. The van der Waals surface area contributed by atoms with Crippen molar-refractivity contribution in [3.8, 4) is 0 Å². The van der Waals surface area contributed by atoms with Gasteiger partial charge in [-0.15, -0.1) is 12.4 Å². The lowest BCUT2D eigenvalue weighted by Crippen LogP contribution is -2.40. The van der Waals surface area contributed by atoms with Gasteiger partial charge in [0.2, 0.25) is 0 Å². The SMILES string of the molecule is CN(C)CCC=C1C2CC3CC(C2)CC1C3.Cl. The molecule has 0 heterocycles. The van der Waals surface area contributed by atoms with Crippen molar-refractivity contribution in [2.75, 3.05) is 20.6 Å². The minimum absolute atomic E-state index is 0. The summed E-state index contributed by atoms with van der Waals surface area (Å²) in [6.07, 6.45) is 11.6. The normalized spacial score (nSPS) is 38.4. The van der Waals surface area contributed by atoms with Crippen molar-refractivity contribution in [2.24, 2.45) is 23.7 Å². The van der Waals surface area contributed by atoms with Gasteiger partial charge in [0.1, 0.15) is 0 Å². The van der Waals surface area contributed by atoms with Gasteiger partial charge in [-0.25, -0.2) is 0 Å². The molecule has 4 bridgehead atoms. The van der Waals surface area contributed by atoms with Crippen LogP contribution in [-0.4, -0.2) is 25.5 Å². The number of allylic oxidation sites excluding steroid dienone is 1. The first-order valence-corrected chi connectivity index (χ1v) is 7.07. The molecule has 0 aromatic heterocycles. The molecule has 4 fully saturated rings. The average molecular weight is 256 g/mol. The summed E-state index contributed by atoms with van der Waals surface area (Å²) in [5.41, 5.74) is 1.87. The van der Waals surface area contributed by atoms with Crippen LogP contribution in [0.1, 0.15) is 38.5 Å². The van der Waals surface area contributed by atoms with Crippen LogP contribution in [0.25, 0.3) is 0 Å². The molecule has 1 nitrogen and oxygen atoms in total. The molecule has 0 unspecified atom stereocenters. The molecule has 0 saturated heterocycles. The minimum atomic E-state index is 0. The second kappa shape index (κ2) is 5.32. The van der Waals surface area contributed by atoms with Crippen LogP contribution in [-0.2, 0) is 0 Å². The van der Waals surface area contributed by atoms with Gasteiger partial charge in [-0.05, 0) is 76.3 Å². The van der Waals surface area contributed by atoms with E-state index in [9.17, 15) is 0 Å². The van der Waals surface area contributed by atoms with Crippen LogP contribution in [0, 0.1) is 23.7 Å². The van der Waals surface area contributed by atoms with Crippen LogP contribution < -0.4 is 0 Å². The zero-order valence-electron chi connectivity index (χ0n) is 11.2. The Hall–Kier alpha value is -0.0100. The van der Waals surface area contributed by atoms with E-state index >= 15 is 0 Å². The number of nitrogens with zero attached hydrogens (tertiary/aromatic N) is 1. The van der Waals surface area contributed by atoms with Crippen molar-refractivity contribution < 1.29 is 0 Å². The van der Waals surface area contributed by atoms with Crippen molar-refractivity contribution in [2.45, 2.75) is 38.5 Å². The van der Waals surface area contributed by atoms with Gasteiger partial charge in [0.05, 0.1) is 0 Å². The standard InChI is InChI=1S/C15H25N.ClH/c1-16(2)5-3-4-15-13-7-11-6-12(9-13)10-14(15)8-11;/h4,11-14H,3,5-10H2,1-2H3;1H. The fourth-order valence-corrected chi connectivity index (χ4v) is 4.55. The van der Waals surface area contributed by atoms with Crippen LogP contribution in [0.2, 0.25) is 0 Å². The van der Waals surface area contributed by atoms with E-state index in [1.807, 2.05) is 5.57 Å². The second-order valence-corrected chi connectivity index (χ2v) is 6.60. The first-order valence-electron chi connectivity index (χ1n) is 7.07. The van der Waals surface area contributed by atoms with E-state index in [4.69, 9.17) is 0 Å². The highest BCUT2D eigenvalue weighted by molar-refractivity contribution is 5.85. The lowest BCUT2D eigenvalue weighted by atomic mass is 9.54. The quantitative estimate of drug-likeness (QED) is 0.695. The summed E-state index contributed by atoms with van der Waals surface area (Å²) >= 11 is 0. The Morgan fingerprint density at radius 3 is 2.00 bits per heavy atom. The zero-order chi connectivity index (χ0) is 11.1. The topological polar surface area (TPSA) is 3.24 Å². The first-order chi connectivity index (χ1) is 7.72. The van der Waals surface area contributed by atoms with E-state index in [2.05, 4.69) is 25.1 Å². The highest BCUT2D eigenvalue weighted by atomic mass is 35.5. The van der Waals surface area contributed by atoms with Gasteiger partial charge in [0.15, 0.2) is 0 Å². The van der Waals surface area contributed by atoms with E-state index in [1.54, 1.807) is 6.42 Å². The van der Waals surface area contributed by atoms with Crippen molar-refractivity contribution in [3.63, 3.8) is 0 Å². The Morgan fingerprint density at radius 2 is 1.53 bits per heavy atom. The van der Waals surface area contributed by atoms with Crippen LogP contribution in [0.3, 0.4) is 0 Å². The Morgan fingerprint density at radius 1 is 1.00 bits per heavy atom. The summed E-state index contributed by atoms with van der Waals surface area (Å²) in [6, 6.07) is 0. The fourth-order valence-electron chi connectivity index (χ4n) is 4.55. The highest BCUT2D eigenvalue weighted by Crippen LogP contribution is 2.56. The van der Waals surface area contributed by atoms with Crippen molar-refractivity contribution in [1.82, 2.24) is 4.90 Å². The molecule has 4 saturated carbocycles. The smallest absolute Gasteiger partial charge is 0.000991 e. The summed E-state index contributed by atoms with van der Waals surface area (Å²) in [5.74, 6) is 4.21. The Labute approximate surface area is 112 Å². The Kier molecular flexibility index (Phi) is 4.20. The third-order valence-corrected chi connectivity index (χ3v) is 5.04. The second-order valence-electron chi connectivity index (χ2n) is 6.60. The van der Waals surface area contributed by atoms with Crippen LogP contribution >= 0.6 is 12.4 Å². The molecule has 0 amide bonds. The van der Waals surface area contributed by atoms with Gasteiger partial charge in [0.25, 0.3) is 0 Å². The molecule has 0 aliphatic heterocycles. The maximum Gasteiger partial charge on any atom is 0.000991 e. The molecule has 4 aliphatic rings. The number of rotatable bonds is 3. The molecule has 0 atom stereocenters. The molecule has 0 spiro atoms. The third kappa shape index (κ3) is 2.71. The van der Waals surface area contributed by atoms with E-state index in [0.717, 1.165) is 23.7 Å². The largest absolute Gasteiger partial charge is 0.309 e. The molecular formula is C15H26ClN. The summed E-state index contributed by atoms with van der Waals surface area (Å²) in [5, 5.41) is 0. The van der Waals surface area contributed by atoms with Gasteiger partial charge >= 0.3 is 0 Å². The molecule has 0 radical (unpaired) electrons. The predicted octanol–water partition coefficient (Wildman–Crippen LogP) is 3.74. The van der Waals surface area contributed by atoms with Crippen molar-refractivity contribution in [1.29, 1.82) is 0 Å². The molecule has 2 heteroatoms. The van der Waals surface area contributed by atoms with Gasteiger partial charge in [-0.2, -0.15) is 0 Å². The van der Waals surface area contributed by atoms with Crippen LogP contribution in [0.15, 0.2) is 11.6 Å². The van der Waals surface area contributed by atoms with Gasteiger partial charge in [0, 0.05) is 6.54 Å². The first kappa shape index (κ1) is 13.4. The molecule has 98 valence electrons. The molecule has 4 aliphatic carbocycles. The zero-order valence-corrected chi connectivity index (χ0v) is 12.0. The van der Waals surface area contributed by atoms with Crippen LogP contribution in [0.4, 0.5) is 0 Å². The summed E-state index contributed by atoms with van der Waals surface area (Å²) in [4.78, 5) is 2.30. The maximum atomic E-state index is 2.60. The summed E-state index contributed by atoms with van der Waals surface area (Å²) in [6.45, 7) is 1.22. The van der Waals surface area contributed by atoms with E-state index in [1.165, 1.54) is 38.6 Å². The maximum absolute atomic E-state index is 2.60. The monoisotopic (exact) mass is 255 g/mol. The molecule has 0 aromatic carbocycles. The lowest BCUT2D eigenvalue weighted by molar-refractivity contribution is 0.0692. The van der Waals surface area contributed by atoms with E-state index in [0.29, 0.717) is 0 Å². The van der Waals surface area contributed by atoms with Crippen LogP contribution in [0.5, 0.6) is 0 Å². The van der Waals surface area contributed by atoms with Crippen molar-refractivity contribution >= 4 is 12.4 Å². The predicted molar refractivity (Wildman–Crippen MR) is 75.5 cm³/mol. The van der Waals surface area contributed by atoms with Gasteiger partial charge < -0.3 is 4.90 Å². The Bertz CT molecular complexity index is 265. The fraction of sp³-hybridized carbons (Fsp3) is 0.867. The molecule has 4 rings (SSSR count). The number of halogens is 1. The minimum Gasteiger partial charge on any atom is -0.309 e. The summed E-state index contributed by atoms with van der Waals surface area (Å²) < 4.78 is 0. The number of hydrogen-bond donors (Lipinski definition) is 0. The lowest BCUT2D eigenvalue weighted by Gasteiger charge is -2.51. The molecule has 17 heavy (non-hydrogen) atoms. The van der Waals surface area contributed by atoms with E-state index < -0.39 is 0 Å². The molecular weight excluding hydrogens is 230 g/mol. The average Bonchev–Trinajstić information content (AvgIpc) is 2.20. The molecule has 0 N–H and O–H groups in total. The highest BCUT2D eigenvalue weighted by Gasteiger charge is 2.44. The van der Waals surface area contributed by atoms with Gasteiger partial charge in [-0.3, -0.25) is 0 Å². The third-order valence-electron chi connectivity index (χ3n) is 5.04.